The van der Waals surface area contributed by atoms with E-state index in [0.717, 1.165) is 29.5 Å². The highest BCUT2D eigenvalue weighted by atomic mass is 32.2. The number of carbonyl (C=O) groups is 1. The van der Waals surface area contributed by atoms with Crippen LogP contribution in [0.4, 0.5) is 37.7 Å². The van der Waals surface area contributed by atoms with Gasteiger partial charge in [-0.2, -0.15) is 24.9 Å². The van der Waals surface area contributed by atoms with Crippen LogP contribution >= 0.6 is 11.8 Å². The number of aromatic nitrogens is 1. The first kappa shape index (κ1) is 36.9. The number of pyridine rings is 1. The van der Waals surface area contributed by atoms with Crippen LogP contribution in [0, 0.1) is 0 Å². The Morgan fingerprint density at radius 2 is 1.70 bits per heavy atom. The number of halogens is 6. The molecule has 2 heterocycles. The average molecular weight is 722 g/mol. The van der Waals surface area contributed by atoms with Gasteiger partial charge in [-0.25, -0.2) is 4.98 Å². The number of anilines is 2. The fourth-order valence-corrected chi connectivity index (χ4v) is 6.82. The van der Waals surface area contributed by atoms with Gasteiger partial charge in [0.05, 0.1) is 7.11 Å². The summed E-state index contributed by atoms with van der Waals surface area (Å²) in [5, 5.41) is 8.15. The van der Waals surface area contributed by atoms with E-state index in [-0.39, 0.29) is 51.9 Å². The first-order valence-electron chi connectivity index (χ1n) is 15.7. The summed E-state index contributed by atoms with van der Waals surface area (Å²) in [7, 11) is 1.52. The fourth-order valence-electron chi connectivity index (χ4n) is 5.59. The summed E-state index contributed by atoms with van der Waals surface area (Å²) in [6, 6.07) is 20.3. The molecule has 5 rings (SSSR count). The quantitative estimate of drug-likeness (QED) is 0.128. The van der Waals surface area contributed by atoms with Crippen LogP contribution in [0.25, 0.3) is 10.9 Å². The zero-order valence-corrected chi connectivity index (χ0v) is 28.4. The maximum Gasteiger partial charge on any atom is 0.573 e. The van der Waals surface area contributed by atoms with Crippen molar-refractivity contribution in [2.75, 3.05) is 43.1 Å². The van der Waals surface area contributed by atoms with Crippen LogP contribution in [-0.4, -0.2) is 71.6 Å². The lowest BCUT2D eigenvalue weighted by molar-refractivity contribution is -0.274. The summed E-state index contributed by atoms with van der Waals surface area (Å²) in [4.78, 5) is 20.2. The van der Waals surface area contributed by atoms with Crippen LogP contribution in [0.3, 0.4) is 0 Å². The SMILES string of the molecule is COc1ccc(CNc2cc(C(=O)NCC3CSC(C)(C)CN3Cc3ccccc3)nc3c(OC(F)(F)F)cc(NCC(F)(F)F)cc23)cc1. The van der Waals surface area contributed by atoms with E-state index in [9.17, 15) is 31.1 Å². The van der Waals surface area contributed by atoms with Crippen LogP contribution in [0.15, 0.2) is 72.8 Å². The molecular weight excluding hydrogens is 684 g/mol. The second kappa shape index (κ2) is 15.3. The Balaban J connectivity index is 1.47. The summed E-state index contributed by atoms with van der Waals surface area (Å²) >= 11 is 1.79. The van der Waals surface area contributed by atoms with Crippen LogP contribution in [0.1, 0.15) is 35.5 Å². The standard InChI is InChI=1S/C35H37F6N5O3S/c1-33(2)21-46(18-23-7-5-4-6-8-23)25(19-50-33)17-43-32(47)29-15-28(42-16-22-9-11-26(48-3)12-10-22)27-13-24(44-20-34(36,37)38)14-30(31(27)45-29)49-35(39,40)41/h4-15,25,44H,16-21H2,1-3H3,(H,42,45)(H,43,47). The summed E-state index contributed by atoms with van der Waals surface area (Å²) in [5.41, 5.74) is 1.21. The molecule has 0 aliphatic carbocycles. The number of nitrogens with zero attached hydrogens (tertiary/aromatic N) is 2. The Morgan fingerprint density at radius 3 is 2.36 bits per heavy atom. The van der Waals surface area contributed by atoms with Crippen molar-refractivity contribution in [1.29, 1.82) is 0 Å². The van der Waals surface area contributed by atoms with E-state index >= 15 is 0 Å². The number of methoxy groups -OCH3 is 1. The molecule has 50 heavy (non-hydrogen) atoms. The molecule has 0 bridgehead atoms. The van der Waals surface area contributed by atoms with Crippen LogP contribution in [0.5, 0.6) is 11.5 Å². The van der Waals surface area contributed by atoms with E-state index in [1.54, 1.807) is 36.0 Å². The average Bonchev–Trinajstić information content (AvgIpc) is 3.05. The number of ether oxygens (including phenoxy) is 2. The normalized spacial score (nSPS) is 16.5. The van der Waals surface area contributed by atoms with Crippen LogP contribution < -0.4 is 25.4 Å². The molecular formula is C35H37F6N5O3S. The minimum atomic E-state index is -5.19. The van der Waals surface area contributed by atoms with Gasteiger partial charge in [-0.3, -0.25) is 9.69 Å². The van der Waals surface area contributed by atoms with Crippen molar-refractivity contribution in [1.82, 2.24) is 15.2 Å². The molecule has 0 saturated carbocycles. The predicted octanol–water partition coefficient (Wildman–Crippen LogP) is 7.85. The topological polar surface area (TPSA) is 87.8 Å². The predicted molar refractivity (Wildman–Crippen MR) is 183 cm³/mol. The summed E-state index contributed by atoms with van der Waals surface area (Å²) in [6.45, 7) is 4.66. The molecule has 3 aromatic carbocycles. The molecule has 1 amide bonds. The number of benzene rings is 3. The molecule has 1 aromatic heterocycles. The third kappa shape index (κ3) is 10.3. The maximum absolute atomic E-state index is 13.7. The first-order valence-corrected chi connectivity index (χ1v) is 16.7. The van der Waals surface area contributed by atoms with Gasteiger partial charge in [-0.15, -0.1) is 13.2 Å². The van der Waals surface area contributed by atoms with Crippen molar-refractivity contribution in [2.24, 2.45) is 0 Å². The van der Waals surface area contributed by atoms with Crippen molar-refractivity contribution in [2.45, 2.75) is 50.3 Å². The molecule has 1 aliphatic rings. The molecule has 0 spiro atoms. The van der Waals surface area contributed by atoms with E-state index in [1.807, 2.05) is 30.3 Å². The van der Waals surface area contributed by atoms with E-state index < -0.39 is 30.7 Å². The molecule has 8 nitrogen and oxygen atoms in total. The molecule has 0 radical (unpaired) electrons. The van der Waals surface area contributed by atoms with Gasteiger partial charge in [0.15, 0.2) is 5.75 Å². The Bertz CT molecular complexity index is 1770. The second-order valence-corrected chi connectivity index (χ2v) is 14.2. The molecule has 1 saturated heterocycles. The summed E-state index contributed by atoms with van der Waals surface area (Å²) < 4.78 is 89.3. The highest BCUT2D eigenvalue weighted by molar-refractivity contribution is 8.00. The second-order valence-electron chi connectivity index (χ2n) is 12.5. The molecule has 1 aliphatic heterocycles. The van der Waals surface area contributed by atoms with Crippen molar-refractivity contribution < 1.29 is 40.6 Å². The lowest BCUT2D eigenvalue weighted by Crippen LogP contribution is -2.53. The fraction of sp³-hybridized carbons (Fsp3) is 0.371. The van der Waals surface area contributed by atoms with Crippen molar-refractivity contribution >= 4 is 39.9 Å². The first-order chi connectivity index (χ1) is 23.6. The van der Waals surface area contributed by atoms with Crippen LogP contribution in [-0.2, 0) is 13.1 Å². The van der Waals surface area contributed by atoms with Crippen molar-refractivity contribution in [3.63, 3.8) is 0 Å². The lowest BCUT2D eigenvalue weighted by Gasteiger charge is -2.43. The number of hydrogen-bond donors (Lipinski definition) is 3. The van der Waals surface area contributed by atoms with Gasteiger partial charge in [0.25, 0.3) is 5.91 Å². The van der Waals surface area contributed by atoms with Gasteiger partial charge < -0.3 is 25.4 Å². The van der Waals surface area contributed by atoms with E-state index in [2.05, 4.69) is 44.4 Å². The highest BCUT2D eigenvalue weighted by Gasteiger charge is 2.35. The van der Waals surface area contributed by atoms with Gasteiger partial charge in [0, 0.05) is 65.5 Å². The Kier molecular flexibility index (Phi) is 11.3. The minimum absolute atomic E-state index is 0.0116. The number of alkyl halides is 6. The number of hydrogen-bond acceptors (Lipinski definition) is 8. The van der Waals surface area contributed by atoms with Gasteiger partial charge in [-0.1, -0.05) is 42.5 Å². The highest BCUT2D eigenvalue weighted by Crippen LogP contribution is 2.38. The number of carbonyl (C=O) groups excluding carboxylic acids is 1. The number of amides is 1. The van der Waals surface area contributed by atoms with E-state index in [1.165, 1.54) is 19.2 Å². The lowest BCUT2D eigenvalue weighted by atomic mass is 10.1. The number of fused-ring (bicyclic) bond motifs is 1. The Morgan fingerprint density at radius 1 is 0.980 bits per heavy atom. The smallest absolute Gasteiger partial charge is 0.497 e. The van der Waals surface area contributed by atoms with Crippen molar-refractivity contribution in [3.8, 4) is 11.5 Å². The molecule has 1 fully saturated rings. The summed E-state index contributed by atoms with van der Waals surface area (Å²) in [5.74, 6) is -0.149. The molecule has 268 valence electrons. The van der Waals surface area contributed by atoms with Crippen LogP contribution in [0.2, 0.25) is 0 Å². The maximum atomic E-state index is 13.7. The van der Waals surface area contributed by atoms with E-state index in [4.69, 9.17) is 4.74 Å². The van der Waals surface area contributed by atoms with Gasteiger partial charge in [0.2, 0.25) is 0 Å². The zero-order chi connectivity index (χ0) is 36.1. The summed E-state index contributed by atoms with van der Waals surface area (Å²) in [6.07, 6.45) is -9.83. The van der Waals surface area contributed by atoms with Gasteiger partial charge in [0.1, 0.15) is 23.5 Å². The molecule has 15 heteroatoms. The Hall–Kier alpha value is -4.37. The Labute approximate surface area is 289 Å². The number of thioether (sulfide) groups is 1. The van der Waals surface area contributed by atoms with Gasteiger partial charge in [-0.05, 0) is 49.2 Å². The van der Waals surface area contributed by atoms with Crippen molar-refractivity contribution in [3.05, 3.63) is 89.6 Å². The monoisotopic (exact) mass is 721 g/mol. The molecule has 1 unspecified atom stereocenters. The molecule has 1 atom stereocenters. The minimum Gasteiger partial charge on any atom is -0.497 e. The third-order valence-corrected chi connectivity index (χ3v) is 9.43. The third-order valence-electron chi connectivity index (χ3n) is 7.97. The van der Waals surface area contributed by atoms with Gasteiger partial charge >= 0.3 is 12.5 Å². The molecule has 3 N–H and O–H groups in total. The number of nitrogens with one attached hydrogen (secondary N) is 3. The molecule has 4 aromatic rings. The zero-order valence-electron chi connectivity index (χ0n) is 27.5. The largest absolute Gasteiger partial charge is 0.573 e. The van der Waals surface area contributed by atoms with E-state index in [0.29, 0.717) is 12.3 Å². The number of rotatable bonds is 12.